The quantitative estimate of drug-likeness (QED) is 0.852. The number of methoxy groups -OCH3 is 2. The molecule has 1 aromatic rings. The average Bonchev–Trinajstić information content (AvgIpc) is 2.49. The summed E-state index contributed by atoms with van der Waals surface area (Å²) in [7, 11) is 3.33. The molecule has 0 spiro atoms. The Kier molecular flexibility index (Phi) is 5.05. The zero-order valence-electron chi connectivity index (χ0n) is 11.7. The van der Waals surface area contributed by atoms with Crippen LogP contribution in [-0.4, -0.2) is 39.0 Å². The van der Waals surface area contributed by atoms with E-state index in [1.165, 1.54) is 0 Å². The van der Waals surface area contributed by atoms with E-state index in [1.54, 1.807) is 14.2 Å². The molecule has 4 nitrogen and oxygen atoms in total. The van der Waals surface area contributed by atoms with E-state index in [2.05, 4.69) is 5.32 Å². The first kappa shape index (κ1) is 14.2. The second kappa shape index (κ2) is 6.78. The van der Waals surface area contributed by atoms with E-state index in [1.807, 2.05) is 18.2 Å². The van der Waals surface area contributed by atoms with Crippen molar-refractivity contribution in [3.8, 4) is 11.5 Å². The summed E-state index contributed by atoms with van der Waals surface area (Å²) < 4.78 is 10.7. The lowest BCUT2D eigenvalue weighted by Gasteiger charge is -2.30. The molecule has 0 aromatic heterocycles. The number of hydrogen-bond donors (Lipinski definition) is 2. The van der Waals surface area contributed by atoms with Gasteiger partial charge < -0.3 is 19.9 Å². The van der Waals surface area contributed by atoms with E-state index in [9.17, 15) is 5.11 Å². The van der Waals surface area contributed by atoms with E-state index in [-0.39, 0.29) is 12.5 Å². The first-order valence-corrected chi connectivity index (χ1v) is 6.83. The molecule has 19 heavy (non-hydrogen) atoms. The first-order chi connectivity index (χ1) is 9.30. The third-order valence-corrected chi connectivity index (χ3v) is 3.99. The summed E-state index contributed by atoms with van der Waals surface area (Å²) in [5.41, 5.74) is 1.05. The summed E-state index contributed by atoms with van der Waals surface area (Å²) in [5, 5.41) is 13.2. The van der Waals surface area contributed by atoms with E-state index in [0.717, 1.165) is 43.0 Å². The molecule has 0 bridgehead atoms. The van der Waals surface area contributed by atoms with Crippen molar-refractivity contribution in [3.63, 3.8) is 0 Å². The Morgan fingerprint density at radius 2 is 2.00 bits per heavy atom. The molecule has 0 aliphatic carbocycles. The molecule has 1 aliphatic heterocycles. The fraction of sp³-hybridized carbons (Fsp3) is 0.600. The van der Waals surface area contributed by atoms with Gasteiger partial charge >= 0.3 is 0 Å². The Morgan fingerprint density at radius 3 is 2.58 bits per heavy atom. The summed E-state index contributed by atoms with van der Waals surface area (Å²) in [6, 6.07) is 5.79. The van der Waals surface area contributed by atoms with Gasteiger partial charge in [0.2, 0.25) is 0 Å². The van der Waals surface area contributed by atoms with Crippen molar-refractivity contribution in [3.05, 3.63) is 23.8 Å². The number of rotatable bonds is 5. The number of aliphatic hydroxyl groups is 1. The van der Waals surface area contributed by atoms with Gasteiger partial charge in [0.1, 0.15) is 11.5 Å². The minimum atomic E-state index is 0.118. The fourth-order valence-corrected chi connectivity index (χ4v) is 2.88. The number of ether oxygens (including phenoxy) is 2. The van der Waals surface area contributed by atoms with Gasteiger partial charge in [-0.15, -0.1) is 0 Å². The van der Waals surface area contributed by atoms with Crippen molar-refractivity contribution < 1.29 is 14.6 Å². The topological polar surface area (TPSA) is 50.7 Å². The molecule has 1 aromatic carbocycles. The Labute approximate surface area is 114 Å². The maximum atomic E-state index is 9.80. The predicted molar refractivity (Wildman–Crippen MR) is 75.0 cm³/mol. The highest BCUT2D eigenvalue weighted by Gasteiger charge is 2.27. The molecule has 0 amide bonds. The lowest BCUT2D eigenvalue weighted by Crippen LogP contribution is -2.32. The SMILES string of the molecule is COc1ccc(OC)c(C(CO)C2CCNCC2)c1. The second-order valence-electron chi connectivity index (χ2n) is 4.98. The van der Waals surface area contributed by atoms with Crippen molar-refractivity contribution in [2.24, 2.45) is 5.92 Å². The smallest absolute Gasteiger partial charge is 0.122 e. The van der Waals surface area contributed by atoms with E-state index in [4.69, 9.17) is 9.47 Å². The number of aliphatic hydroxyl groups excluding tert-OH is 1. The van der Waals surface area contributed by atoms with E-state index < -0.39 is 0 Å². The maximum absolute atomic E-state index is 9.80. The molecule has 1 unspecified atom stereocenters. The molecule has 1 saturated heterocycles. The zero-order chi connectivity index (χ0) is 13.7. The van der Waals surface area contributed by atoms with Crippen LogP contribution < -0.4 is 14.8 Å². The van der Waals surface area contributed by atoms with Gasteiger partial charge in [0.15, 0.2) is 0 Å². The Morgan fingerprint density at radius 1 is 1.26 bits per heavy atom. The summed E-state index contributed by atoms with van der Waals surface area (Å²) >= 11 is 0. The molecule has 1 aliphatic rings. The Balaban J connectivity index is 2.29. The normalized spacial score (nSPS) is 18.1. The molecular weight excluding hydrogens is 242 g/mol. The number of benzene rings is 1. The van der Waals surface area contributed by atoms with Crippen LogP contribution in [0.25, 0.3) is 0 Å². The molecule has 2 N–H and O–H groups in total. The number of nitrogens with one attached hydrogen (secondary N) is 1. The van der Waals surface area contributed by atoms with Crippen LogP contribution in [0.5, 0.6) is 11.5 Å². The highest BCUT2D eigenvalue weighted by atomic mass is 16.5. The lowest BCUT2D eigenvalue weighted by molar-refractivity contribution is 0.198. The van der Waals surface area contributed by atoms with Gasteiger partial charge in [-0.05, 0) is 50.0 Å². The van der Waals surface area contributed by atoms with Crippen molar-refractivity contribution in [2.75, 3.05) is 33.9 Å². The van der Waals surface area contributed by atoms with Crippen molar-refractivity contribution in [2.45, 2.75) is 18.8 Å². The minimum Gasteiger partial charge on any atom is -0.497 e. The van der Waals surface area contributed by atoms with E-state index >= 15 is 0 Å². The standard InChI is InChI=1S/C15H23NO3/c1-18-12-3-4-15(19-2)13(9-12)14(10-17)11-5-7-16-8-6-11/h3-4,9,11,14,16-17H,5-8,10H2,1-2H3. The predicted octanol–water partition coefficient (Wildman–Crippen LogP) is 1.78. The van der Waals surface area contributed by atoms with Crippen LogP contribution in [0.1, 0.15) is 24.3 Å². The van der Waals surface area contributed by atoms with Crippen LogP contribution in [0.3, 0.4) is 0 Å². The van der Waals surface area contributed by atoms with Crippen LogP contribution in [0.2, 0.25) is 0 Å². The molecular formula is C15H23NO3. The van der Waals surface area contributed by atoms with Crippen LogP contribution >= 0.6 is 0 Å². The van der Waals surface area contributed by atoms with Crippen LogP contribution in [0.4, 0.5) is 0 Å². The summed E-state index contributed by atoms with van der Waals surface area (Å²) in [5.74, 6) is 2.25. The lowest BCUT2D eigenvalue weighted by atomic mass is 9.80. The summed E-state index contributed by atoms with van der Waals surface area (Å²) in [6.07, 6.45) is 2.18. The van der Waals surface area contributed by atoms with Gasteiger partial charge in [0, 0.05) is 11.5 Å². The fourth-order valence-electron chi connectivity index (χ4n) is 2.88. The third-order valence-electron chi connectivity index (χ3n) is 3.99. The number of hydrogen-bond acceptors (Lipinski definition) is 4. The maximum Gasteiger partial charge on any atom is 0.122 e. The van der Waals surface area contributed by atoms with Gasteiger partial charge in [-0.25, -0.2) is 0 Å². The van der Waals surface area contributed by atoms with Gasteiger partial charge in [-0.2, -0.15) is 0 Å². The molecule has 4 heteroatoms. The van der Waals surface area contributed by atoms with Crippen molar-refractivity contribution in [1.29, 1.82) is 0 Å². The minimum absolute atomic E-state index is 0.118. The van der Waals surface area contributed by atoms with Gasteiger partial charge in [-0.3, -0.25) is 0 Å². The largest absolute Gasteiger partial charge is 0.497 e. The molecule has 106 valence electrons. The second-order valence-corrected chi connectivity index (χ2v) is 4.98. The summed E-state index contributed by atoms with van der Waals surface area (Å²) in [4.78, 5) is 0. The third kappa shape index (κ3) is 3.19. The van der Waals surface area contributed by atoms with Gasteiger partial charge in [0.25, 0.3) is 0 Å². The number of piperidine rings is 1. The Bertz CT molecular complexity index is 402. The van der Waals surface area contributed by atoms with Gasteiger partial charge in [-0.1, -0.05) is 0 Å². The van der Waals surface area contributed by atoms with Crippen molar-refractivity contribution >= 4 is 0 Å². The monoisotopic (exact) mass is 265 g/mol. The van der Waals surface area contributed by atoms with Crippen LogP contribution in [0, 0.1) is 5.92 Å². The molecule has 1 heterocycles. The first-order valence-electron chi connectivity index (χ1n) is 6.83. The van der Waals surface area contributed by atoms with Crippen molar-refractivity contribution in [1.82, 2.24) is 5.32 Å². The summed E-state index contributed by atoms with van der Waals surface area (Å²) in [6.45, 7) is 2.19. The molecule has 0 saturated carbocycles. The highest BCUT2D eigenvalue weighted by Crippen LogP contribution is 2.37. The molecule has 1 atom stereocenters. The molecule has 0 radical (unpaired) electrons. The van der Waals surface area contributed by atoms with Gasteiger partial charge in [0.05, 0.1) is 20.8 Å². The average molecular weight is 265 g/mol. The van der Waals surface area contributed by atoms with Crippen LogP contribution in [0.15, 0.2) is 18.2 Å². The molecule has 2 rings (SSSR count). The van der Waals surface area contributed by atoms with E-state index in [0.29, 0.717) is 5.92 Å². The highest BCUT2D eigenvalue weighted by molar-refractivity contribution is 5.43. The Hall–Kier alpha value is -1.26. The molecule has 1 fully saturated rings. The van der Waals surface area contributed by atoms with Crippen LogP contribution in [-0.2, 0) is 0 Å². The zero-order valence-corrected chi connectivity index (χ0v) is 11.7.